The third kappa shape index (κ3) is 4.30. The Balaban J connectivity index is 1.47. The summed E-state index contributed by atoms with van der Waals surface area (Å²) in [6.07, 6.45) is -1.84. The number of benzene rings is 2. The highest BCUT2D eigenvalue weighted by Crippen LogP contribution is 2.31. The van der Waals surface area contributed by atoms with E-state index in [1.54, 1.807) is 29.9 Å². The number of nitrogen functional groups attached to an aromatic ring is 1. The summed E-state index contributed by atoms with van der Waals surface area (Å²) in [5.41, 5.74) is 10.1. The maximum atomic E-state index is 13.0. The highest BCUT2D eigenvalue weighted by molar-refractivity contribution is 5.76. The van der Waals surface area contributed by atoms with Crippen molar-refractivity contribution >= 4 is 17.1 Å². The standard InChI is InChI=1S/C26H24F3N7/c1-15(2)18-6-4-5-7-19(18)22-31-12-20-24(34-22)36(25(30)32-20)13-16-8-10-17(11-9-16)23-33-21(14-35(23)3)26(27,28)29/h4-12,14-15H,13H2,1-3H3,(H2,30,32). The number of hydrogen-bond acceptors (Lipinski definition) is 5. The molecule has 0 aliphatic carbocycles. The van der Waals surface area contributed by atoms with Crippen LogP contribution in [-0.4, -0.2) is 29.1 Å². The third-order valence-electron chi connectivity index (χ3n) is 6.06. The lowest BCUT2D eigenvalue weighted by Crippen LogP contribution is -2.06. The second-order valence-electron chi connectivity index (χ2n) is 8.96. The van der Waals surface area contributed by atoms with Crippen molar-refractivity contribution in [2.75, 3.05) is 5.73 Å². The highest BCUT2D eigenvalue weighted by Gasteiger charge is 2.34. The molecule has 0 atom stereocenters. The number of hydrogen-bond donors (Lipinski definition) is 1. The summed E-state index contributed by atoms with van der Waals surface area (Å²) < 4.78 is 42.3. The Bertz CT molecular complexity index is 1550. The molecular formula is C26H24F3N7. The molecule has 3 heterocycles. The van der Waals surface area contributed by atoms with E-state index in [0.29, 0.717) is 41.0 Å². The maximum Gasteiger partial charge on any atom is 0.434 e. The molecule has 0 saturated heterocycles. The highest BCUT2D eigenvalue weighted by atomic mass is 19.4. The van der Waals surface area contributed by atoms with E-state index in [-0.39, 0.29) is 5.82 Å². The first-order chi connectivity index (χ1) is 17.1. The number of aromatic nitrogens is 6. The topological polar surface area (TPSA) is 87.4 Å². The van der Waals surface area contributed by atoms with Gasteiger partial charge in [0.15, 0.2) is 17.2 Å². The van der Waals surface area contributed by atoms with Gasteiger partial charge in [-0.2, -0.15) is 13.2 Å². The average Bonchev–Trinajstić information content (AvgIpc) is 3.39. The van der Waals surface area contributed by atoms with Crippen LogP contribution in [0.3, 0.4) is 0 Å². The van der Waals surface area contributed by atoms with Crippen LogP contribution in [0.5, 0.6) is 0 Å². The molecule has 0 fully saturated rings. The lowest BCUT2D eigenvalue weighted by atomic mass is 9.97. The van der Waals surface area contributed by atoms with E-state index in [2.05, 4.69) is 34.9 Å². The van der Waals surface area contributed by atoms with E-state index < -0.39 is 11.9 Å². The molecule has 2 aromatic carbocycles. The van der Waals surface area contributed by atoms with Gasteiger partial charge in [-0.15, -0.1) is 0 Å². The molecule has 5 aromatic rings. The van der Waals surface area contributed by atoms with Gasteiger partial charge in [0.2, 0.25) is 5.95 Å². The van der Waals surface area contributed by atoms with Gasteiger partial charge < -0.3 is 10.3 Å². The summed E-state index contributed by atoms with van der Waals surface area (Å²) in [6.45, 7) is 4.63. The zero-order valence-corrected chi connectivity index (χ0v) is 20.0. The molecule has 0 spiro atoms. The normalized spacial score (nSPS) is 12.1. The van der Waals surface area contributed by atoms with Crippen LogP contribution in [0.1, 0.15) is 36.6 Å². The molecule has 0 unspecified atom stereocenters. The molecule has 0 aliphatic rings. The lowest BCUT2D eigenvalue weighted by Gasteiger charge is -2.12. The summed E-state index contributed by atoms with van der Waals surface area (Å²) in [5, 5.41) is 0. The minimum atomic E-state index is -4.49. The Hall–Kier alpha value is -4.21. The van der Waals surface area contributed by atoms with E-state index in [9.17, 15) is 13.2 Å². The molecule has 0 saturated carbocycles. The van der Waals surface area contributed by atoms with Gasteiger partial charge >= 0.3 is 6.18 Å². The van der Waals surface area contributed by atoms with Crippen LogP contribution in [0, 0.1) is 0 Å². The van der Waals surface area contributed by atoms with E-state index in [1.165, 1.54) is 4.57 Å². The van der Waals surface area contributed by atoms with E-state index in [4.69, 9.17) is 10.7 Å². The first-order valence-corrected chi connectivity index (χ1v) is 11.4. The van der Waals surface area contributed by atoms with Crippen LogP contribution in [0.2, 0.25) is 0 Å². The van der Waals surface area contributed by atoms with Gasteiger partial charge in [-0.25, -0.2) is 19.9 Å². The zero-order valence-electron chi connectivity index (χ0n) is 20.0. The summed E-state index contributed by atoms with van der Waals surface area (Å²) in [4.78, 5) is 17.5. The van der Waals surface area contributed by atoms with Gasteiger partial charge in [0.1, 0.15) is 11.3 Å². The predicted octanol–water partition coefficient (Wildman–Crippen LogP) is 5.67. The second-order valence-corrected chi connectivity index (χ2v) is 8.96. The molecule has 36 heavy (non-hydrogen) atoms. The number of nitrogens with zero attached hydrogens (tertiary/aromatic N) is 6. The Morgan fingerprint density at radius 3 is 2.36 bits per heavy atom. The largest absolute Gasteiger partial charge is 0.434 e. The van der Waals surface area contributed by atoms with Crippen LogP contribution in [0.4, 0.5) is 19.1 Å². The van der Waals surface area contributed by atoms with Gasteiger partial charge in [-0.1, -0.05) is 62.4 Å². The van der Waals surface area contributed by atoms with Crippen molar-refractivity contribution in [2.45, 2.75) is 32.5 Å². The van der Waals surface area contributed by atoms with Crippen molar-refractivity contribution in [3.05, 3.63) is 77.7 Å². The van der Waals surface area contributed by atoms with Crippen molar-refractivity contribution in [1.29, 1.82) is 0 Å². The van der Waals surface area contributed by atoms with Crippen molar-refractivity contribution < 1.29 is 13.2 Å². The molecule has 10 heteroatoms. The van der Waals surface area contributed by atoms with Crippen LogP contribution in [0.15, 0.2) is 60.9 Å². The molecule has 7 nitrogen and oxygen atoms in total. The monoisotopic (exact) mass is 491 g/mol. The summed E-state index contributed by atoms with van der Waals surface area (Å²) in [7, 11) is 1.54. The summed E-state index contributed by atoms with van der Waals surface area (Å²) in [5.74, 6) is 1.44. The number of imidazole rings is 2. The predicted molar refractivity (Wildman–Crippen MR) is 132 cm³/mol. The van der Waals surface area contributed by atoms with E-state index in [0.717, 1.165) is 22.9 Å². The number of halogens is 3. The molecule has 2 N–H and O–H groups in total. The molecule has 0 bridgehead atoms. The second kappa shape index (κ2) is 8.78. The van der Waals surface area contributed by atoms with E-state index >= 15 is 0 Å². The molecule has 3 aromatic heterocycles. The van der Waals surface area contributed by atoms with Gasteiger partial charge in [0.25, 0.3) is 0 Å². The molecule has 0 aliphatic heterocycles. The minimum Gasteiger partial charge on any atom is -0.369 e. The SMILES string of the molecule is CC(C)c1ccccc1-c1ncc2nc(N)n(Cc3ccc(-c4nc(C(F)(F)F)cn4C)cc3)c2n1. The summed E-state index contributed by atoms with van der Waals surface area (Å²) in [6, 6.07) is 15.2. The van der Waals surface area contributed by atoms with Gasteiger partial charge in [0, 0.05) is 24.4 Å². The Morgan fingerprint density at radius 2 is 1.69 bits per heavy atom. The van der Waals surface area contributed by atoms with Crippen molar-refractivity contribution in [3.8, 4) is 22.8 Å². The van der Waals surface area contributed by atoms with Gasteiger partial charge in [0.05, 0.1) is 12.7 Å². The lowest BCUT2D eigenvalue weighted by molar-refractivity contribution is -0.140. The number of nitrogens with two attached hydrogens (primary N) is 1. The Morgan fingerprint density at radius 1 is 0.972 bits per heavy atom. The quantitative estimate of drug-likeness (QED) is 0.342. The number of rotatable bonds is 5. The Labute approximate surface area is 205 Å². The van der Waals surface area contributed by atoms with E-state index in [1.807, 2.05) is 30.3 Å². The summed E-state index contributed by atoms with van der Waals surface area (Å²) >= 11 is 0. The van der Waals surface area contributed by atoms with Crippen LogP contribution < -0.4 is 5.73 Å². The third-order valence-corrected chi connectivity index (χ3v) is 6.06. The fourth-order valence-electron chi connectivity index (χ4n) is 4.24. The first-order valence-electron chi connectivity index (χ1n) is 11.4. The van der Waals surface area contributed by atoms with Crippen LogP contribution >= 0.6 is 0 Å². The van der Waals surface area contributed by atoms with Gasteiger partial charge in [-0.3, -0.25) is 4.57 Å². The molecule has 5 rings (SSSR count). The molecular weight excluding hydrogens is 467 g/mol. The zero-order chi connectivity index (χ0) is 25.6. The van der Waals surface area contributed by atoms with Crippen LogP contribution in [-0.2, 0) is 19.8 Å². The maximum absolute atomic E-state index is 13.0. The average molecular weight is 492 g/mol. The van der Waals surface area contributed by atoms with Crippen molar-refractivity contribution in [1.82, 2.24) is 29.1 Å². The Kier molecular flexibility index (Phi) is 5.74. The fraction of sp³-hybridized carbons (Fsp3) is 0.231. The van der Waals surface area contributed by atoms with Crippen molar-refractivity contribution in [3.63, 3.8) is 0 Å². The van der Waals surface area contributed by atoms with Crippen molar-refractivity contribution in [2.24, 2.45) is 7.05 Å². The van der Waals surface area contributed by atoms with Gasteiger partial charge in [-0.05, 0) is 17.0 Å². The number of fused-ring (bicyclic) bond motifs is 1. The van der Waals surface area contributed by atoms with Crippen LogP contribution in [0.25, 0.3) is 33.9 Å². The molecule has 184 valence electrons. The number of alkyl halides is 3. The smallest absolute Gasteiger partial charge is 0.369 e. The number of aryl methyl sites for hydroxylation is 1. The minimum absolute atomic E-state index is 0.239. The first kappa shape index (κ1) is 23.5. The number of anilines is 1. The molecule has 0 amide bonds. The fourth-order valence-corrected chi connectivity index (χ4v) is 4.24. The molecule has 0 radical (unpaired) electrons.